The minimum absolute atomic E-state index is 0.160. The minimum atomic E-state index is -0.181. The molecule has 0 spiro atoms. The first-order valence-corrected chi connectivity index (χ1v) is 5.86. The van der Waals surface area contributed by atoms with Crippen LogP contribution >= 0.6 is 0 Å². The van der Waals surface area contributed by atoms with Gasteiger partial charge >= 0.3 is 0 Å². The second-order valence-corrected chi connectivity index (χ2v) is 6.49. The average Bonchev–Trinajstić information content (AvgIpc) is 2.13. The van der Waals surface area contributed by atoms with E-state index >= 15 is 0 Å². The number of phenolic OH excluding ortho intramolecular Hbond substituents is 1. The van der Waals surface area contributed by atoms with Gasteiger partial charge in [-0.3, -0.25) is 0 Å². The summed E-state index contributed by atoms with van der Waals surface area (Å²) in [7, 11) is 0. The van der Waals surface area contributed by atoms with Gasteiger partial charge in [-0.2, -0.15) is 5.26 Å². The standard InChI is InChI=1S/C15H21NO/c1-14(2,3)12-10(9-16)7-8-11(17)13(12)15(4,5)6/h7-8,17H,1-6H3. The van der Waals surface area contributed by atoms with Gasteiger partial charge in [0.1, 0.15) is 5.75 Å². The molecule has 0 amide bonds. The Morgan fingerprint density at radius 1 is 0.941 bits per heavy atom. The van der Waals surface area contributed by atoms with Crippen molar-refractivity contribution in [3.05, 3.63) is 28.8 Å². The van der Waals surface area contributed by atoms with Gasteiger partial charge in [0.15, 0.2) is 0 Å². The van der Waals surface area contributed by atoms with Crippen molar-refractivity contribution >= 4 is 0 Å². The van der Waals surface area contributed by atoms with E-state index in [-0.39, 0.29) is 16.6 Å². The summed E-state index contributed by atoms with van der Waals surface area (Å²) in [5.41, 5.74) is 2.14. The summed E-state index contributed by atoms with van der Waals surface area (Å²) in [4.78, 5) is 0. The summed E-state index contributed by atoms with van der Waals surface area (Å²) in [5.74, 6) is 0.279. The number of hydrogen-bond acceptors (Lipinski definition) is 2. The smallest absolute Gasteiger partial charge is 0.119 e. The Balaban J connectivity index is 3.75. The van der Waals surface area contributed by atoms with Gasteiger partial charge in [0.05, 0.1) is 11.6 Å². The van der Waals surface area contributed by atoms with Crippen molar-refractivity contribution in [2.24, 2.45) is 0 Å². The van der Waals surface area contributed by atoms with Crippen molar-refractivity contribution in [3.8, 4) is 11.8 Å². The average molecular weight is 231 g/mol. The molecule has 0 aliphatic heterocycles. The van der Waals surface area contributed by atoms with Crippen LogP contribution in [0.4, 0.5) is 0 Å². The fourth-order valence-electron chi connectivity index (χ4n) is 2.22. The molecule has 0 radical (unpaired) electrons. The lowest BCUT2D eigenvalue weighted by molar-refractivity contribution is 0.435. The van der Waals surface area contributed by atoms with E-state index in [0.717, 1.165) is 11.1 Å². The first-order valence-electron chi connectivity index (χ1n) is 5.86. The van der Waals surface area contributed by atoms with Gasteiger partial charge in [-0.05, 0) is 28.5 Å². The molecule has 2 heteroatoms. The maximum Gasteiger partial charge on any atom is 0.119 e. The van der Waals surface area contributed by atoms with Gasteiger partial charge in [-0.15, -0.1) is 0 Å². The molecule has 0 saturated heterocycles. The SMILES string of the molecule is CC(C)(C)c1c(O)ccc(C#N)c1C(C)(C)C. The molecule has 92 valence electrons. The molecule has 2 nitrogen and oxygen atoms in total. The summed E-state index contributed by atoms with van der Waals surface area (Å²) in [6.07, 6.45) is 0. The van der Waals surface area contributed by atoms with Crippen LogP contribution in [0.25, 0.3) is 0 Å². The van der Waals surface area contributed by atoms with Crippen LogP contribution in [0.1, 0.15) is 58.2 Å². The predicted octanol–water partition coefficient (Wildman–Crippen LogP) is 3.86. The highest BCUT2D eigenvalue weighted by Gasteiger charge is 2.30. The third-order valence-electron chi connectivity index (χ3n) is 2.80. The normalized spacial score (nSPS) is 12.3. The van der Waals surface area contributed by atoms with E-state index in [1.807, 2.05) is 0 Å². The predicted molar refractivity (Wildman–Crippen MR) is 70.2 cm³/mol. The first kappa shape index (κ1) is 13.6. The van der Waals surface area contributed by atoms with Crippen molar-refractivity contribution in [2.45, 2.75) is 52.4 Å². The van der Waals surface area contributed by atoms with Crippen molar-refractivity contribution < 1.29 is 5.11 Å². The molecule has 0 saturated carbocycles. The Morgan fingerprint density at radius 2 is 1.41 bits per heavy atom. The topological polar surface area (TPSA) is 44.0 Å². The monoisotopic (exact) mass is 231 g/mol. The van der Waals surface area contributed by atoms with Gasteiger partial charge in [-0.1, -0.05) is 41.5 Å². The van der Waals surface area contributed by atoms with Crippen LogP contribution in [0.2, 0.25) is 0 Å². The third kappa shape index (κ3) is 2.61. The van der Waals surface area contributed by atoms with E-state index in [1.54, 1.807) is 12.1 Å². The van der Waals surface area contributed by atoms with Crippen molar-refractivity contribution in [1.82, 2.24) is 0 Å². The maximum atomic E-state index is 10.1. The molecule has 0 aliphatic carbocycles. The number of benzene rings is 1. The third-order valence-corrected chi connectivity index (χ3v) is 2.80. The quantitative estimate of drug-likeness (QED) is 0.736. The molecule has 0 aliphatic rings. The molecule has 0 fully saturated rings. The highest BCUT2D eigenvalue weighted by molar-refractivity contribution is 5.55. The number of hydrogen-bond donors (Lipinski definition) is 1. The highest BCUT2D eigenvalue weighted by atomic mass is 16.3. The van der Waals surface area contributed by atoms with E-state index in [0.29, 0.717) is 5.56 Å². The second-order valence-electron chi connectivity index (χ2n) is 6.49. The fraction of sp³-hybridized carbons (Fsp3) is 0.533. The van der Waals surface area contributed by atoms with Crippen LogP contribution in [0.5, 0.6) is 5.75 Å². The Labute approximate surface area is 104 Å². The van der Waals surface area contributed by atoms with E-state index < -0.39 is 0 Å². The largest absolute Gasteiger partial charge is 0.508 e. The van der Waals surface area contributed by atoms with Gasteiger partial charge in [0.2, 0.25) is 0 Å². The number of aromatic hydroxyl groups is 1. The molecule has 1 N–H and O–H groups in total. The van der Waals surface area contributed by atoms with Crippen molar-refractivity contribution in [2.75, 3.05) is 0 Å². The molecular weight excluding hydrogens is 210 g/mol. The molecule has 1 aromatic rings. The zero-order valence-electron chi connectivity index (χ0n) is 11.5. The van der Waals surface area contributed by atoms with Crippen LogP contribution in [0.15, 0.2) is 12.1 Å². The Hall–Kier alpha value is -1.49. The van der Waals surface area contributed by atoms with Gasteiger partial charge in [-0.25, -0.2) is 0 Å². The van der Waals surface area contributed by atoms with Crippen molar-refractivity contribution in [1.29, 1.82) is 5.26 Å². The lowest BCUT2D eigenvalue weighted by Gasteiger charge is -2.31. The van der Waals surface area contributed by atoms with E-state index in [1.165, 1.54) is 0 Å². The summed E-state index contributed by atoms with van der Waals surface area (Å²) in [6.45, 7) is 12.4. The molecule has 0 unspecified atom stereocenters. The fourth-order valence-corrected chi connectivity index (χ4v) is 2.22. The lowest BCUT2D eigenvalue weighted by atomic mass is 9.73. The molecule has 17 heavy (non-hydrogen) atoms. The van der Waals surface area contributed by atoms with Gasteiger partial charge in [0, 0.05) is 5.56 Å². The number of rotatable bonds is 0. The molecule has 1 rings (SSSR count). The van der Waals surface area contributed by atoms with E-state index in [2.05, 4.69) is 47.6 Å². The highest BCUT2D eigenvalue weighted by Crippen LogP contribution is 2.40. The van der Waals surface area contributed by atoms with E-state index in [9.17, 15) is 10.4 Å². The number of nitriles is 1. The van der Waals surface area contributed by atoms with Crippen LogP contribution in [-0.2, 0) is 10.8 Å². The van der Waals surface area contributed by atoms with Gasteiger partial charge < -0.3 is 5.11 Å². The Morgan fingerprint density at radius 3 is 1.76 bits per heavy atom. The first-order chi connectivity index (χ1) is 7.59. The van der Waals surface area contributed by atoms with E-state index in [4.69, 9.17) is 0 Å². The van der Waals surface area contributed by atoms with Crippen LogP contribution in [0.3, 0.4) is 0 Å². The minimum Gasteiger partial charge on any atom is -0.508 e. The number of phenols is 1. The number of nitrogens with zero attached hydrogens (tertiary/aromatic N) is 1. The second kappa shape index (κ2) is 4.07. The summed E-state index contributed by atoms with van der Waals surface area (Å²) in [6, 6.07) is 5.55. The molecule has 0 heterocycles. The summed E-state index contributed by atoms with van der Waals surface area (Å²) < 4.78 is 0. The zero-order valence-corrected chi connectivity index (χ0v) is 11.5. The van der Waals surface area contributed by atoms with Gasteiger partial charge in [0.25, 0.3) is 0 Å². The Bertz CT molecular complexity index is 467. The molecule has 1 aromatic carbocycles. The zero-order chi connectivity index (χ0) is 13.4. The Kier molecular flexibility index (Phi) is 3.25. The summed E-state index contributed by atoms with van der Waals surface area (Å²) >= 11 is 0. The van der Waals surface area contributed by atoms with Crippen molar-refractivity contribution in [3.63, 3.8) is 0 Å². The molecule has 0 atom stereocenters. The lowest BCUT2D eigenvalue weighted by Crippen LogP contribution is -2.23. The molecule has 0 bridgehead atoms. The van der Waals surface area contributed by atoms with Crippen LogP contribution in [-0.4, -0.2) is 5.11 Å². The maximum absolute atomic E-state index is 10.1. The molecule has 0 aromatic heterocycles. The molecular formula is C15H21NO. The summed E-state index contributed by atoms with van der Waals surface area (Å²) in [5, 5.41) is 19.3. The van der Waals surface area contributed by atoms with Crippen LogP contribution in [0, 0.1) is 11.3 Å². The van der Waals surface area contributed by atoms with Crippen LogP contribution < -0.4 is 0 Å².